The number of benzene rings is 1. The van der Waals surface area contributed by atoms with Gasteiger partial charge in [-0.3, -0.25) is 0 Å². The number of rotatable bonds is 8. The van der Waals surface area contributed by atoms with Crippen LogP contribution in [0.25, 0.3) is 0 Å². The molecule has 0 aliphatic heterocycles. The van der Waals surface area contributed by atoms with Crippen molar-refractivity contribution in [1.82, 2.24) is 9.36 Å². The van der Waals surface area contributed by atoms with E-state index in [1.807, 2.05) is 18.2 Å². The summed E-state index contributed by atoms with van der Waals surface area (Å²) in [6, 6.07) is 8.35. The van der Waals surface area contributed by atoms with E-state index in [-0.39, 0.29) is 0 Å². The normalized spacial score (nSPS) is 12.1. The first-order valence-electron chi connectivity index (χ1n) is 7.17. The summed E-state index contributed by atoms with van der Waals surface area (Å²) in [7, 11) is 1.67. The molecule has 0 saturated carbocycles. The molecular weight excluding hydrogens is 284 g/mol. The minimum Gasteiger partial charge on any atom is -0.497 e. The van der Waals surface area contributed by atoms with Crippen LogP contribution >= 0.6 is 11.5 Å². The van der Waals surface area contributed by atoms with Gasteiger partial charge in [0.2, 0.25) is 5.13 Å². The Hall–Kier alpha value is -1.66. The number of nitrogens with zero attached hydrogens (tertiary/aromatic N) is 2. The second kappa shape index (κ2) is 7.95. The Labute approximate surface area is 129 Å². The lowest BCUT2D eigenvalue weighted by Gasteiger charge is -2.14. The molecular formula is C15H22N4OS. The fourth-order valence-corrected chi connectivity index (χ4v) is 2.77. The highest BCUT2D eigenvalue weighted by atomic mass is 32.1. The van der Waals surface area contributed by atoms with Crippen molar-refractivity contribution >= 4 is 16.7 Å². The molecule has 1 unspecified atom stereocenters. The average Bonchev–Trinajstić information content (AvgIpc) is 2.94. The maximum Gasteiger partial charge on any atom is 0.202 e. The lowest BCUT2D eigenvalue weighted by atomic mass is 10.1. The third-order valence-corrected chi connectivity index (χ3v) is 3.98. The summed E-state index contributed by atoms with van der Waals surface area (Å²) in [5, 5.41) is 4.27. The molecule has 2 aromatic rings. The van der Waals surface area contributed by atoms with Crippen molar-refractivity contribution in [2.24, 2.45) is 5.73 Å². The number of aromatic nitrogens is 2. The zero-order valence-electron chi connectivity index (χ0n) is 12.5. The fraction of sp³-hybridized carbons (Fsp3) is 0.467. The third-order valence-electron chi connectivity index (χ3n) is 3.30. The van der Waals surface area contributed by atoms with E-state index < -0.39 is 0 Å². The lowest BCUT2D eigenvalue weighted by Crippen LogP contribution is -2.22. The monoisotopic (exact) mass is 306 g/mol. The number of anilines is 1. The maximum atomic E-state index is 5.61. The molecule has 0 aliphatic carbocycles. The van der Waals surface area contributed by atoms with Crippen LogP contribution in [0.15, 0.2) is 24.3 Å². The van der Waals surface area contributed by atoms with Crippen LogP contribution in [0.5, 0.6) is 5.75 Å². The molecule has 1 aromatic heterocycles. The first kappa shape index (κ1) is 15.7. The van der Waals surface area contributed by atoms with E-state index in [2.05, 4.69) is 27.7 Å². The third kappa shape index (κ3) is 4.68. The molecule has 0 radical (unpaired) electrons. The van der Waals surface area contributed by atoms with Crippen molar-refractivity contribution in [3.63, 3.8) is 0 Å². The van der Waals surface area contributed by atoms with E-state index >= 15 is 0 Å². The molecule has 1 atom stereocenters. The number of ether oxygens (including phenoxy) is 1. The molecule has 0 spiro atoms. The molecule has 1 heterocycles. The second-order valence-electron chi connectivity index (χ2n) is 4.87. The number of hydrogen-bond donors (Lipinski definition) is 2. The predicted octanol–water partition coefficient (Wildman–Crippen LogP) is 2.68. The Morgan fingerprint density at radius 2 is 2.29 bits per heavy atom. The van der Waals surface area contributed by atoms with Crippen molar-refractivity contribution in [1.29, 1.82) is 0 Å². The highest BCUT2D eigenvalue weighted by Crippen LogP contribution is 2.19. The van der Waals surface area contributed by atoms with Crippen LogP contribution in [0.4, 0.5) is 5.13 Å². The van der Waals surface area contributed by atoms with Gasteiger partial charge in [-0.25, -0.2) is 4.98 Å². The molecule has 21 heavy (non-hydrogen) atoms. The first-order valence-corrected chi connectivity index (χ1v) is 7.94. The van der Waals surface area contributed by atoms with Gasteiger partial charge in [0, 0.05) is 24.0 Å². The van der Waals surface area contributed by atoms with E-state index in [1.165, 1.54) is 11.5 Å². The molecule has 0 saturated heterocycles. The van der Waals surface area contributed by atoms with Gasteiger partial charge in [-0.05, 0) is 37.1 Å². The lowest BCUT2D eigenvalue weighted by molar-refractivity contribution is 0.414. The van der Waals surface area contributed by atoms with Crippen molar-refractivity contribution in [2.45, 2.75) is 32.2 Å². The molecule has 2 rings (SSSR count). The Balaban J connectivity index is 1.99. The van der Waals surface area contributed by atoms with Gasteiger partial charge in [-0.2, -0.15) is 4.37 Å². The van der Waals surface area contributed by atoms with Gasteiger partial charge in [0.1, 0.15) is 11.6 Å². The predicted molar refractivity (Wildman–Crippen MR) is 87.1 cm³/mol. The fourth-order valence-electron chi connectivity index (χ4n) is 2.10. The van der Waals surface area contributed by atoms with Crippen molar-refractivity contribution in [3.8, 4) is 5.75 Å². The van der Waals surface area contributed by atoms with Gasteiger partial charge in [0.15, 0.2) is 0 Å². The zero-order chi connectivity index (χ0) is 15.1. The van der Waals surface area contributed by atoms with Gasteiger partial charge in [0.25, 0.3) is 0 Å². The smallest absolute Gasteiger partial charge is 0.202 e. The number of nitrogens with two attached hydrogens (primary N) is 1. The first-order chi connectivity index (χ1) is 10.2. The van der Waals surface area contributed by atoms with E-state index in [0.717, 1.165) is 35.1 Å². The van der Waals surface area contributed by atoms with Crippen molar-refractivity contribution < 1.29 is 4.74 Å². The minimum absolute atomic E-state index is 0.368. The van der Waals surface area contributed by atoms with Gasteiger partial charge >= 0.3 is 0 Å². The van der Waals surface area contributed by atoms with E-state index in [1.54, 1.807) is 7.11 Å². The molecule has 0 aliphatic rings. The highest BCUT2D eigenvalue weighted by Gasteiger charge is 2.10. The highest BCUT2D eigenvalue weighted by molar-refractivity contribution is 7.09. The molecule has 5 nitrogen and oxygen atoms in total. The Bertz CT molecular complexity index is 558. The van der Waals surface area contributed by atoms with E-state index in [4.69, 9.17) is 10.5 Å². The van der Waals surface area contributed by atoms with E-state index in [0.29, 0.717) is 19.0 Å². The van der Waals surface area contributed by atoms with Gasteiger partial charge in [-0.1, -0.05) is 19.1 Å². The molecule has 6 heteroatoms. The SMILES string of the molecule is CCC(CCN)Nc1nc(Cc2cccc(OC)c2)ns1. The van der Waals surface area contributed by atoms with Crippen LogP contribution in [-0.2, 0) is 6.42 Å². The number of nitrogens with one attached hydrogen (secondary N) is 1. The quantitative estimate of drug-likeness (QED) is 0.784. The van der Waals surface area contributed by atoms with Crippen molar-refractivity contribution in [2.75, 3.05) is 19.0 Å². The molecule has 114 valence electrons. The molecule has 0 bridgehead atoms. The molecule has 0 amide bonds. The van der Waals surface area contributed by atoms with Crippen LogP contribution < -0.4 is 15.8 Å². The zero-order valence-corrected chi connectivity index (χ0v) is 13.3. The van der Waals surface area contributed by atoms with Gasteiger partial charge < -0.3 is 15.8 Å². The maximum absolute atomic E-state index is 5.61. The van der Waals surface area contributed by atoms with E-state index in [9.17, 15) is 0 Å². The van der Waals surface area contributed by atoms with Crippen LogP contribution in [0, 0.1) is 0 Å². The Kier molecular flexibility index (Phi) is 5.95. The molecule has 1 aromatic carbocycles. The summed E-state index contributed by atoms with van der Waals surface area (Å²) in [6.45, 7) is 2.83. The summed E-state index contributed by atoms with van der Waals surface area (Å²) >= 11 is 1.40. The summed E-state index contributed by atoms with van der Waals surface area (Å²) < 4.78 is 9.64. The van der Waals surface area contributed by atoms with Gasteiger partial charge in [0.05, 0.1) is 7.11 Å². The average molecular weight is 306 g/mol. The van der Waals surface area contributed by atoms with Crippen LogP contribution in [-0.4, -0.2) is 29.1 Å². The standard InChI is InChI=1S/C15H22N4OS/c1-3-12(7-8-16)17-15-18-14(19-21-15)10-11-5-4-6-13(9-11)20-2/h4-6,9,12H,3,7-8,10,16H2,1-2H3,(H,17,18,19). The summed E-state index contributed by atoms with van der Waals surface area (Å²) in [5.74, 6) is 1.69. The second-order valence-corrected chi connectivity index (χ2v) is 5.62. The summed E-state index contributed by atoms with van der Waals surface area (Å²) in [4.78, 5) is 4.55. The van der Waals surface area contributed by atoms with Gasteiger partial charge in [-0.15, -0.1) is 0 Å². The van der Waals surface area contributed by atoms with Crippen molar-refractivity contribution in [3.05, 3.63) is 35.7 Å². The number of hydrogen-bond acceptors (Lipinski definition) is 6. The Morgan fingerprint density at radius 3 is 3.00 bits per heavy atom. The minimum atomic E-state index is 0.368. The van der Waals surface area contributed by atoms with Crippen LogP contribution in [0.2, 0.25) is 0 Å². The Morgan fingerprint density at radius 1 is 1.43 bits per heavy atom. The molecule has 0 fully saturated rings. The molecule has 3 N–H and O–H groups in total. The van der Waals surface area contributed by atoms with Crippen LogP contribution in [0.1, 0.15) is 31.2 Å². The topological polar surface area (TPSA) is 73.1 Å². The summed E-state index contributed by atoms with van der Waals surface area (Å²) in [5.41, 5.74) is 6.75. The van der Waals surface area contributed by atoms with Crippen LogP contribution in [0.3, 0.4) is 0 Å². The summed E-state index contributed by atoms with van der Waals surface area (Å²) in [6.07, 6.45) is 2.69. The largest absolute Gasteiger partial charge is 0.497 e. The number of methoxy groups -OCH3 is 1.